The van der Waals surface area contributed by atoms with Crippen LogP contribution in [-0.2, 0) is 6.18 Å². The maximum absolute atomic E-state index is 13.3. The quantitative estimate of drug-likeness (QED) is 0.325. The second-order valence-corrected chi connectivity index (χ2v) is 6.99. The van der Waals surface area contributed by atoms with E-state index in [2.05, 4.69) is 15.0 Å². The Hall–Kier alpha value is -3.00. The van der Waals surface area contributed by atoms with Crippen LogP contribution in [-0.4, -0.2) is 25.1 Å². The van der Waals surface area contributed by atoms with Crippen molar-refractivity contribution in [1.29, 1.82) is 0 Å². The van der Waals surface area contributed by atoms with E-state index in [1.54, 1.807) is 26.0 Å². The molecule has 9 heteroatoms. The van der Waals surface area contributed by atoms with Gasteiger partial charge in [-0.1, -0.05) is 18.5 Å². The molecule has 0 aliphatic rings. The lowest BCUT2D eigenvalue weighted by Gasteiger charge is -2.11. The van der Waals surface area contributed by atoms with Crippen molar-refractivity contribution in [2.24, 2.45) is 0 Å². The predicted molar refractivity (Wildman–Crippen MR) is 103 cm³/mol. The zero-order valence-electron chi connectivity index (χ0n) is 15.4. The van der Waals surface area contributed by atoms with Gasteiger partial charge >= 0.3 is 6.18 Å². The summed E-state index contributed by atoms with van der Waals surface area (Å²) in [7, 11) is 0. The van der Waals surface area contributed by atoms with Crippen molar-refractivity contribution in [1.82, 2.24) is 19.4 Å². The van der Waals surface area contributed by atoms with E-state index in [4.69, 9.17) is 11.6 Å². The number of carbonyl (C=O) groups excluding carboxylic acids is 1. The van der Waals surface area contributed by atoms with E-state index in [0.29, 0.717) is 39.7 Å². The van der Waals surface area contributed by atoms with E-state index in [9.17, 15) is 18.0 Å². The fraction of sp³-hybridized carbons (Fsp3) is 0.200. The molecule has 0 fully saturated rings. The molecule has 0 unspecified atom stereocenters. The van der Waals surface area contributed by atoms with Crippen LogP contribution >= 0.6 is 11.6 Å². The summed E-state index contributed by atoms with van der Waals surface area (Å²) >= 11 is 5.95. The highest BCUT2D eigenvalue weighted by Gasteiger charge is 2.34. The Morgan fingerprint density at radius 3 is 2.55 bits per heavy atom. The highest BCUT2D eigenvalue weighted by molar-refractivity contribution is 6.30. The van der Waals surface area contributed by atoms with Crippen LogP contribution in [0, 0.1) is 6.92 Å². The Kier molecular flexibility index (Phi) is 4.53. The molecule has 0 N–H and O–H groups in total. The second kappa shape index (κ2) is 6.81. The van der Waals surface area contributed by atoms with Gasteiger partial charge in [-0.2, -0.15) is 13.2 Å². The third-order valence-electron chi connectivity index (χ3n) is 4.68. The average Bonchev–Trinajstić information content (AvgIpc) is 3.13. The Labute approximate surface area is 168 Å². The summed E-state index contributed by atoms with van der Waals surface area (Å²) in [5.74, 6) is -0.109. The lowest BCUT2D eigenvalue weighted by atomic mass is 10.0. The minimum atomic E-state index is -4.60. The number of imidazole rings is 1. The fourth-order valence-corrected chi connectivity index (χ4v) is 3.38. The van der Waals surface area contributed by atoms with Crippen LogP contribution in [0.1, 0.15) is 35.1 Å². The number of alkyl halides is 3. The predicted octanol–water partition coefficient (Wildman–Crippen LogP) is 5.52. The maximum Gasteiger partial charge on any atom is 0.434 e. The van der Waals surface area contributed by atoms with Gasteiger partial charge in [0.1, 0.15) is 16.5 Å². The third kappa shape index (κ3) is 3.33. The molecule has 0 saturated heterocycles. The van der Waals surface area contributed by atoms with Gasteiger partial charge in [0, 0.05) is 47.6 Å². The topological polar surface area (TPSA) is 60.2 Å². The van der Waals surface area contributed by atoms with E-state index in [1.807, 2.05) is 0 Å². The number of pyridine rings is 3. The van der Waals surface area contributed by atoms with Crippen molar-refractivity contribution >= 4 is 33.9 Å². The standard InChI is InChI=1S/C20H14ClF3N4O/c1-3-16(29)14-4-10(2)13(8-25-14)12-5-11-7-26-18(21)6-15(11)28-9-17(20(22,23)24)27-19(12)28/h4-9H,3H2,1-2H3. The smallest absolute Gasteiger partial charge is 0.298 e. The summed E-state index contributed by atoms with van der Waals surface area (Å²) in [5.41, 5.74) is 1.62. The summed E-state index contributed by atoms with van der Waals surface area (Å²) in [5, 5.41) is 0.755. The number of aromatic nitrogens is 4. The molecule has 0 spiro atoms. The van der Waals surface area contributed by atoms with Gasteiger partial charge in [-0.3, -0.25) is 14.2 Å². The molecule has 0 aliphatic carbocycles. The molecule has 148 valence electrons. The third-order valence-corrected chi connectivity index (χ3v) is 4.89. The number of hydrogen-bond donors (Lipinski definition) is 0. The van der Waals surface area contributed by atoms with E-state index >= 15 is 0 Å². The summed E-state index contributed by atoms with van der Waals surface area (Å²) in [6.45, 7) is 3.51. The number of ketones is 1. The molecule has 29 heavy (non-hydrogen) atoms. The van der Waals surface area contributed by atoms with Crippen LogP contribution in [0.5, 0.6) is 0 Å². The van der Waals surface area contributed by atoms with Crippen molar-refractivity contribution in [2.45, 2.75) is 26.4 Å². The average molecular weight is 419 g/mol. The highest BCUT2D eigenvalue weighted by atomic mass is 35.5. The van der Waals surface area contributed by atoms with Crippen molar-refractivity contribution in [3.05, 3.63) is 58.9 Å². The number of Topliss-reactive ketones (excluding diaryl/α,β-unsaturated/α-hetero) is 1. The van der Waals surface area contributed by atoms with Crippen LogP contribution in [0.4, 0.5) is 13.2 Å². The van der Waals surface area contributed by atoms with Gasteiger partial charge in [0.05, 0.1) is 5.52 Å². The van der Waals surface area contributed by atoms with Gasteiger partial charge < -0.3 is 0 Å². The van der Waals surface area contributed by atoms with Crippen molar-refractivity contribution < 1.29 is 18.0 Å². The second-order valence-electron chi connectivity index (χ2n) is 6.60. The van der Waals surface area contributed by atoms with Gasteiger partial charge in [0.2, 0.25) is 0 Å². The van der Waals surface area contributed by atoms with E-state index in [-0.39, 0.29) is 16.6 Å². The SMILES string of the molecule is CCC(=O)c1cc(C)c(-c2cc3cnc(Cl)cc3n3cc(C(F)(F)F)nc23)cn1. The van der Waals surface area contributed by atoms with Gasteiger partial charge in [-0.25, -0.2) is 9.97 Å². The molecular weight excluding hydrogens is 405 g/mol. The molecule has 5 nitrogen and oxygen atoms in total. The van der Waals surface area contributed by atoms with Crippen LogP contribution in [0.25, 0.3) is 27.7 Å². The number of fused-ring (bicyclic) bond motifs is 3. The summed E-state index contributed by atoms with van der Waals surface area (Å²) < 4.78 is 41.4. The number of aryl methyl sites for hydroxylation is 1. The van der Waals surface area contributed by atoms with Crippen LogP contribution in [0.2, 0.25) is 5.15 Å². The molecule has 4 rings (SSSR count). The summed E-state index contributed by atoms with van der Waals surface area (Å²) in [4.78, 5) is 24.0. The molecular formula is C20H14ClF3N4O. The number of hydrogen-bond acceptors (Lipinski definition) is 4. The number of carbonyl (C=O) groups is 1. The van der Waals surface area contributed by atoms with E-state index in [0.717, 1.165) is 6.20 Å². The Balaban J connectivity index is 2.04. The number of nitrogens with zero attached hydrogens (tertiary/aromatic N) is 4. The molecule has 4 aromatic heterocycles. The van der Waals surface area contributed by atoms with Crippen LogP contribution in [0.3, 0.4) is 0 Å². The van der Waals surface area contributed by atoms with Gasteiger partial charge in [-0.05, 0) is 24.6 Å². The summed E-state index contributed by atoms with van der Waals surface area (Å²) in [6, 6.07) is 4.83. The van der Waals surface area contributed by atoms with Gasteiger partial charge in [-0.15, -0.1) is 0 Å². The molecule has 0 atom stereocenters. The summed E-state index contributed by atoms with van der Waals surface area (Å²) in [6.07, 6.45) is -0.365. The van der Waals surface area contributed by atoms with Crippen LogP contribution in [0.15, 0.2) is 36.8 Å². The van der Waals surface area contributed by atoms with Crippen molar-refractivity contribution in [3.63, 3.8) is 0 Å². The lowest BCUT2D eigenvalue weighted by molar-refractivity contribution is -0.140. The molecule has 4 aromatic rings. The molecule has 0 aromatic carbocycles. The van der Waals surface area contributed by atoms with Gasteiger partial charge in [0.25, 0.3) is 0 Å². The molecule has 0 bridgehead atoms. The van der Waals surface area contributed by atoms with Crippen LogP contribution < -0.4 is 0 Å². The van der Waals surface area contributed by atoms with E-state index < -0.39 is 11.9 Å². The first-order valence-electron chi connectivity index (χ1n) is 8.74. The highest BCUT2D eigenvalue weighted by Crippen LogP contribution is 2.35. The first-order chi connectivity index (χ1) is 13.7. The van der Waals surface area contributed by atoms with Crippen molar-refractivity contribution in [2.75, 3.05) is 0 Å². The Morgan fingerprint density at radius 1 is 1.14 bits per heavy atom. The molecule has 0 radical (unpaired) electrons. The Bertz CT molecular complexity index is 1280. The van der Waals surface area contributed by atoms with E-state index in [1.165, 1.54) is 22.9 Å². The maximum atomic E-state index is 13.3. The zero-order chi connectivity index (χ0) is 20.9. The zero-order valence-corrected chi connectivity index (χ0v) is 16.1. The minimum Gasteiger partial charge on any atom is -0.298 e. The first-order valence-corrected chi connectivity index (χ1v) is 9.11. The first kappa shape index (κ1) is 19.3. The van der Waals surface area contributed by atoms with Gasteiger partial charge in [0.15, 0.2) is 11.5 Å². The molecule has 0 saturated carbocycles. The Morgan fingerprint density at radius 2 is 1.90 bits per heavy atom. The normalized spacial score (nSPS) is 12.1. The molecule has 0 amide bonds. The minimum absolute atomic E-state index is 0.109. The lowest BCUT2D eigenvalue weighted by Crippen LogP contribution is -2.04. The van der Waals surface area contributed by atoms with Crippen molar-refractivity contribution in [3.8, 4) is 11.1 Å². The largest absolute Gasteiger partial charge is 0.434 e. The number of halogens is 4. The molecule has 4 heterocycles. The fourth-order valence-electron chi connectivity index (χ4n) is 3.23. The number of rotatable bonds is 3. The molecule has 0 aliphatic heterocycles. The monoisotopic (exact) mass is 418 g/mol.